The number of benzene rings is 1. The number of aromatic nitrogens is 2. The van der Waals surface area contributed by atoms with E-state index in [1.54, 1.807) is 12.1 Å². The van der Waals surface area contributed by atoms with Gasteiger partial charge in [-0.15, -0.1) is 5.10 Å². The number of hydrogen-bond donors (Lipinski definition) is 0. The molecule has 0 radical (unpaired) electrons. The average molecular weight is 351 g/mol. The Bertz CT molecular complexity index is 812. The minimum absolute atomic E-state index is 0.159. The molecule has 2 heterocycles. The van der Waals surface area contributed by atoms with Crippen molar-refractivity contribution >= 4 is 10.0 Å². The van der Waals surface area contributed by atoms with Crippen molar-refractivity contribution in [1.82, 2.24) is 14.5 Å². The number of sulfonamides is 1. The summed E-state index contributed by atoms with van der Waals surface area (Å²) >= 11 is 0. The lowest BCUT2D eigenvalue weighted by molar-refractivity contribution is 0.123. The highest BCUT2D eigenvalue weighted by Crippen LogP contribution is 2.24. The number of halogens is 1. The molecule has 0 aliphatic carbocycles. The summed E-state index contributed by atoms with van der Waals surface area (Å²) in [7, 11) is -3.88. The van der Waals surface area contributed by atoms with Crippen LogP contribution in [0.2, 0.25) is 0 Å². The molecule has 0 bridgehead atoms. The number of aryl methyl sites for hydroxylation is 1. The Morgan fingerprint density at radius 2 is 2.00 bits per heavy atom. The van der Waals surface area contributed by atoms with E-state index in [0.717, 1.165) is 11.8 Å². The highest BCUT2D eigenvalue weighted by Gasteiger charge is 2.32. The van der Waals surface area contributed by atoms with Gasteiger partial charge in [0, 0.05) is 12.6 Å². The molecule has 1 aliphatic rings. The van der Waals surface area contributed by atoms with Crippen LogP contribution in [0, 0.1) is 12.7 Å². The first-order chi connectivity index (χ1) is 11.5. The standard InChI is InChI=1S/C16H18FN3O3S/c1-12-8-9-16(19-18-12)23-13-5-4-10-20(11-13)24(21,22)15-7-3-2-6-14(15)17/h2-3,6-9,13H,4-5,10-11H2,1H3. The van der Waals surface area contributed by atoms with E-state index in [2.05, 4.69) is 10.2 Å². The van der Waals surface area contributed by atoms with Crippen LogP contribution in [0.5, 0.6) is 5.88 Å². The molecule has 3 rings (SSSR count). The van der Waals surface area contributed by atoms with E-state index in [9.17, 15) is 12.8 Å². The molecule has 1 saturated heterocycles. The van der Waals surface area contributed by atoms with Gasteiger partial charge in [0.05, 0.1) is 12.2 Å². The van der Waals surface area contributed by atoms with E-state index in [4.69, 9.17) is 4.74 Å². The van der Waals surface area contributed by atoms with Crippen molar-refractivity contribution < 1.29 is 17.5 Å². The van der Waals surface area contributed by atoms with Crippen LogP contribution in [-0.4, -0.2) is 42.1 Å². The normalized spacial score (nSPS) is 19.2. The predicted octanol–water partition coefficient (Wildman–Crippen LogP) is 2.16. The number of hydrogen-bond acceptors (Lipinski definition) is 5. The Morgan fingerprint density at radius 3 is 2.71 bits per heavy atom. The molecule has 0 N–H and O–H groups in total. The van der Waals surface area contributed by atoms with E-state index in [0.29, 0.717) is 25.3 Å². The summed E-state index contributed by atoms with van der Waals surface area (Å²) in [5.74, 6) is -0.388. The minimum Gasteiger partial charge on any atom is -0.472 e. The molecule has 1 aromatic carbocycles. The smallest absolute Gasteiger partial charge is 0.246 e. The molecule has 0 saturated carbocycles. The van der Waals surface area contributed by atoms with Crippen molar-refractivity contribution in [1.29, 1.82) is 0 Å². The highest BCUT2D eigenvalue weighted by atomic mass is 32.2. The van der Waals surface area contributed by atoms with Crippen LogP contribution >= 0.6 is 0 Å². The van der Waals surface area contributed by atoms with Gasteiger partial charge in [0.1, 0.15) is 16.8 Å². The molecular formula is C16H18FN3O3S. The monoisotopic (exact) mass is 351 g/mol. The zero-order chi connectivity index (χ0) is 17.2. The second-order valence-corrected chi connectivity index (χ2v) is 7.59. The van der Waals surface area contributed by atoms with Crippen molar-refractivity contribution in [2.24, 2.45) is 0 Å². The Balaban J connectivity index is 1.75. The summed E-state index contributed by atoms with van der Waals surface area (Å²) in [6.45, 7) is 2.32. The molecule has 1 aromatic heterocycles. The van der Waals surface area contributed by atoms with Gasteiger partial charge >= 0.3 is 0 Å². The fraction of sp³-hybridized carbons (Fsp3) is 0.375. The van der Waals surface area contributed by atoms with Crippen molar-refractivity contribution in [2.45, 2.75) is 30.8 Å². The Morgan fingerprint density at radius 1 is 1.21 bits per heavy atom. The maximum atomic E-state index is 13.9. The second kappa shape index (κ2) is 6.82. The lowest BCUT2D eigenvalue weighted by Gasteiger charge is -2.31. The van der Waals surface area contributed by atoms with Gasteiger partial charge in [-0.05, 0) is 38.0 Å². The topological polar surface area (TPSA) is 72.4 Å². The van der Waals surface area contributed by atoms with Crippen LogP contribution in [0.25, 0.3) is 0 Å². The third kappa shape index (κ3) is 3.54. The Hall–Kier alpha value is -2.06. The van der Waals surface area contributed by atoms with Crippen LogP contribution in [0.15, 0.2) is 41.3 Å². The lowest BCUT2D eigenvalue weighted by Crippen LogP contribution is -2.44. The zero-order valence-electron chi connectivity index (χ0n) is 13.2. The molecule has 24 heavy (non-hydrogen) atoms. The van der Waals surface area contributed by atoms with Gasteiger partial charge in [-0.2, -0.15) is 9.40 Å². The summed E-state index contributed by atoms with van der Waals surface area (Å²) in [5.41, 5.74) is 0.773. The molecule has 2 aromatic rings. The van der Waals surface area contributed by atoms with Crippen LogP contribution < -0.4 is 4.74 Å². The van der Waals surface area contributed by atoms with Gasteiger partial charge in [-0.25, -0.2) is 12.8 Å². The average Bonchev–Trinajstić information content (AvgIpc) is 2.57. The first-order valence-electron chi connectivity index (χ1n) is 7.68. The van der Waals surface area contributed by atoms with Crippen LogP contribution in [0.1, 0.15) is 18.5 Å². The number of ether oxygens (including phenoxy) is 1. The SMILES string of the molecule is Cc1ccc(OC2CCCN(S(=O)(=O)c3ccccc3F)C2)nn1. The van der Waals surface area contributed by atoms with Gasteiger partial charge < -0.3 is 4.74 Å². The fourth-order valence-electron chi connectivity index (χ4n) is 2.63. The maximum absolute atomic E-state index is 13.9. The summed E-state index contributed by atoms with van der Waals surface area (Å²) in [6.07, 6.45) is 1.01. The van der Waals surface area contributed by atoms with E-state index >= 15 is 0 Å². The molecular weight excluding hydrogens is 333 g/mol. The summed E-state index contributed by atoms with van der Waals surface area (Å²) in [4.78, 5) is -0.305. The first kappa shape index (κ1) is 16.8. The second-order valence-electron chi connectivity index (χ2n) is 5.69. The van der Waals surface area contributed by atoms with Crippen LogP contribution in [-0.2, 0) is 10.0 Å². The molecule has 1 aliphatic heterocycles. The van der Waals surface area contributed by atoms with Crippen molar-refractivity contribution in [2.75, 3.05) is 13.1 Å². The van der Waals surface area contributed by atoms with E-state index < -0.39 is 15.8 Å². The summed E-state index contributed by atoms with van der Waals surface area (Å²) < 4.78 is 46.2. The summed E-state index contributed by atoms with van der Waals surface area (Å²) in [6, 6.07) is 8.88. The maximum Gasteiger partial charge on any atom is 0.246 e. The largest absolute Gasteiger partial charge is 0.472 e. The van der Waals surface area contributed by atoms with Crippen molar-refractivity contribution in [3.05, 3.63) is 47.9 Å². The van der Waals surface area contributed by atoms with Crippen molar-refractivity contribution in [3.8, 4) is 5.88 Å². The first-order valence-corrected chi connectivity index (χ1v) is 9.12. The predicted molar refractivity (Wildman–Crippen MR) is 85.6 cm³/mol. The molecule has 1 unspecified atom stereocenters. The highest BCUT2D eigenvalue weighted by molar-refractivity contribution is 7.89. The van der Waals surface area contributed by atoms with Gasteiger partial charge in [0.25, 0.3) is 0 Å². The van der Waals surface area contributed by atoms with Gasteiger partial charge in [-0.1, -0.05) is 12.1 Å². The lowest BCUT2D eigenvalue weighted by atomic mass is 10.1. The van der Waals surface area contributed by atoms with Gasteiger partial charge in [0.15, 0.2) is 0 Å². The molecule has 1 fully saturated rings. The molecule has 6 nitrogen and oxygen atoms in total. The van der Waals surface area contributed by atoms with E-state index in [1.807, 2.05) is 6.92 Å². The Kier molecular flexibility index (Phi) is 4.77. The number of nitrogens with zero attached hydrogens (tertiary/aromatic N) is 3. The summed E-state index contributed by atoms with van der Waals surface area (Å²) in [5, 5.41) is 7.85. The van der Waals surface area contributed by atoms with E-state index in [-0.39, 0.29) is 17.5 Å². The number of rotatable bonds is 4. The molecule has 128 valence electrons. The van der Waals surface area contributed by atoms with Crippen molar-refractivity contribution in [3.63, 3.8) is 0 Å². The zero-order valence-corrected chi connectivity index (χ0v) is 14.0. The van der Waals surface area contributed by atoms with Crippen LogP contribution in [0.4, 0.5) is 4.39 Å². The molecule has 8 heteroatoms. The fourth-order valence-corrected chi connectivity index (χ4v) is 4.21. The van der Waals surface area contributed by atoms with Gasteiger partial charge in [0.2, 0.25) is 15.9 Å². The Labute approximate surface area is 140 Å². The van der Waals surface area contributed by atoms with E-state index in [1.165, 1.54) is 22.5 Å². The minimum atomic E-state index is -3.88. The molecule has 0 amide bonds. The van der Waals surface area contributed by atoms with Crippen LogP contribution in [0.3, 0.4) is 0 Å². The number of piperidine rings is 1. The third-order valence-electron chi connectivity index (χ3n) is 3.86. The molecule has 1 atom stereocenters. The molecule has 0 spiro atoms. The third-order valence-corrected chi connectivity index (χ3v) is 5.75. The van der Waals surface area contributed by atoms with Gasteiger partial charge in [-0.3, -0.25) is 0 Å². The quantitative estimate of drug-likeness (QED) is 0.844.